The molecule has 1 heterocycles. The van der Waals surface area contributed by atoms with Crippen LogP contribution in [0.15, 0.2) is 60.0 Å². The fourth-order valence-corrected chi connectivity index (χ4v) is 3.84. The molecule has 29 heavy (non-hydrogen) atoms. The van der Waals surface area contributed by atoms with E-state index >= 15 is 0 Å². The van der Waals surface area contributed by atoms with E-state index in [4.69, 9.17) is 9.47 Å². The van der Waals surface area contributed by atoms with E-state index in [0.29, 0.717) is 29.6 Å². The van der Waals surface area contributed by atoms with Crippen molar-refractivity contribution in [2.75, 3.05) is 18.5 Å². The number of hydrogen-bond acceptors (Lipinski definition) is 5. The van der Waals surface area contributed by atoms with Gasteiger partial charge < -0.3 is 20.1 Å². The van der Waals surface area contributed by atoms with Gasteiger partial charge in [-0.15, -0.1) is 0 Å². The van der Waals surface area contributed by atoms with Gasteiger partial charge in [-0.2, -0.15) is 0 Å². The summed E-state index contributed by atoms with van der Waals surface area (Å²) < 4.78 is 11.3. The van der Waals surface area contributed by atoms with Gasteiger partial charge in [0.15, 0.2) is 17.0 Å². The van der Waals surface area contributed by atoms with E-state index in [1.165, 1.54) is 17.3 Å². The molecule has 0 radical (unpaired) electrons. The number of ether oxygens (including phenoxy) is 2. The van der Waals surface area contributed by atoms with Gasteiger partial charge in [-0.1, -0.05) is 49.5 Å². The van der Waals surface area contributed by atoms with E-state index in [-0.39, 0.29) is 11.4 Å². The molecule has 1 aliphatic heterocycles. The van der Waals surface area contributed by atoms with Crippen molar-refractivity contribution in [3.8, 4) is 11.5 Å². The SMILES string of the molecule is C=CCOc1ccc(/C=C2\S[C@H](Nc3ccc(CC)cc3)NC2=O)cc1OCC. The van der Waals surface area contributed by atoms with Gasteiger partial charge in [-0.25, -0.2) is 0 Å². The molecule has 5 nitrogen and oxygen atoms in total. The molecule has 1 fully saturated rings. The maximum absolute atomic E-state index is 12.4. The summed E-state index contributed by atoms with van der Waals surface area (Å²) in [6.45, 7) is 8.65. The van der Waals surface area contributed by atoms with Crippen molar-refractivity contribution in [3.63, 3.8) is 0 Å². The van der Waals surface area contributed by atoms with Crippen LogP contribution in [0.4, 0.5) is 5.69 Å². The Hall–Kier alpha value is -2.86. The van der Waals surface area contributed by atoms with E-state index in [1.807, 2.05) is 43.3 Å². The number of rotatable bonds is 9. The van der Waals surface area contributed by atoms with E-state index < -0.39 is 0 Å². The van der Waals surface area contributed by atoms with E-state index in [2.05, 4.69) is 36.3 Å². The topological polar surface area (TPSA) is 59.6 Å². The molecule has 1 aliphatic rings. The summed E-state index contributed by atoms with van der Waals surface area (Å²) in [4.78, 5) is 13.0. The smallest absolute Gasteiger partial charge is 0.260 e. The molecule has 0 spiro atoms. The van der Waals surface area contributed by atoms with Crippen LogP contribution < -0.4 is 20.1 Å². The minimum Gasteiger partial charge on any atom is -0.490 e. The van der Waals surface area contributed by atoms with Crippen LogP contribution in [0, 0.1) is 0 Å². The highest BCUT2D eigenvalue weighted by Crippen LogP contribution is 2.33. The second-order valence-electron chi connectivity index (χ2n) is 6.41. The maximum atomic E-state index is 12.4. The summed E-state index contributed by atoms with van der Waals surface area (Å²) in [6, 6.07) is 13.9. The summed E-state index contributed by atoms with van der Waals surface area (Å²) in [5.74, 6) is 1.22. The molecule has 2 aromatic carbocycles. The Kier molecular flexibility index (Phi) is 7.25. The number of amides is 1. The largest absolute Gasteiger partial charge is 0.490 e. The normalized spacial score (nSPS) is 17.1. The van der Waals surface area contributed by atoms with Gasteiger partial charge in [0, 0.05) is 5.69 Å². The quantitative estimate of drug-likeness (QED) is 0.459. The molecular formula is C23H26N2O3S. The molecule has 152 valence electrons. The number of aryl methyl sites for hydroxylation is 1. The first-order valence-electron chi connectivity index (χ1n) is 9.68. The highest BCUT2D eigenvalue weighted by atomic mass is 32.2. The fourth-order valence-electron chi connectivity index (χ4n) is 2.86. The third-order valence-corrected chi connectivity index (χ3v) is 5.34. The van der Waals surface area contributed by atoms with Crippen molar-refractivity contribution in [2.24, 2.45) is 0 Å². The Bertz CT molecular complexity index is 893. The summed E-state index contributed by atoms with van der Waals surface area (Å²) in [7, 11) is 0. The predicted octanol–water partition coefficient (Wildman–Crippen LogP) is 4.81. The number of carbonyl (C=O) groups is 1. The second-order valence-corrected chi connectivity index (χ2v) is 7.56. The third-order valence-electron chi connectivity index (χ3n) is 4.31. The Morgan fingerprint density at radius 3 is 2.62 bits per heavy atom. The van der Waals surface area contributed by atoms with Gasteiger partial charge in [-0.05, 0) is 54.8 Å². The van der Waals surface area contributed by atoms with E-state index in [9.17, 15) is 4.79 Å². The average molecular weight is 411 g/mol. The number of carbonyl (C=O) groups excluding carboxylic acids is 1. The zero-order valence-corrected chi connectivity index (χ0v) is 17.6. The first-order valence-corrected chi connectivity index (χ1v) is 10.6. The molecule has 0 aliphatic carbocycles. The molecule has 0 aromatic heterocycles. The fraction of sp³-hybridized carbons (Fsp3) is 0.261. The van der Waals surface area contributed by atoms with Crippen LogP contribution in [0.5, 0.6) is 11.5 Å². The lowest BCUT2D eigenvalue weighted by Crippen LogP contribution is -2.30. The molecule has 1 amide bonds. The first kappa shape index (κ1) is 20.9. The molecule has 0 unspecified atom stereocenters. The van der Waals surface area contributed by atoms with Crippen molar-refractivity contribution in [3.05, 3.63) is 71.2 Å². The first-order chi connectivity index (χ1) is 14.1. The summed E-state index contributed by atoms with van der Waals surface area (Å²) >= 11 is 1.46. The van der Waals surface area contributed by atoms with Gasteiger partial charge >= 0.3 is 0 Å². The summed E-state index contributed by atoms with van der Waals surface area (Å²) in [6.07, 6.45) is 4.55. The van der Waals surface area contributed by atoms with Crippen molar-refractivity contribution in [1.29, 1.82) is 0 Å². The Morgan fingerprint density at radius 2 is 1.93 bits per heavy atom. The minimum atomic E-state index is -0.206. The van der Waals surface area contributed by atoms with E-state index in [1.54, 1.807) is 6.08 Å². The number of nitrogens with one attached hydrogen (secondary N) is 2. The summed E-state index contributed by atoms with van der Waals surface area (Å²) in [5.41, 5.74) is 2.93. The zero-order valence-electron chi connectivity index (χ0n) is 16.7. The number of anilines is 1. The van der Waals surface area contributed by atoms with Gasteiger partial charge in [0.05, 0.1) is 11.5 Å². The Labute approximate surface area is 176 Å². The lowest BCUT2D eigenvalue weighted by molar-refractivity contribution is -0.116. The number of thioether (sulfide) groups is 1. The van der Waals surface area contributed by atoms with Crippen LogP contribution in [-0.2, 0) is 11.2 Å². The van der Waals surface area contributed by atoms with Crippen LogP contribution >= 0.6 is 11.8 Å². The second kappa shape index (κ2) is 10.1. The van der Waals surface area contributed by atoms with Crippen LogP contribution in [0.3, 0.4) is 0 Å². The molecule has 1 atom stereocenters. The van der Waals surface area contributed by atoms with Crippen molar-refractivity contribution in [1.82, 2.24) is 5.32 Å². The molecule has 6 heteroatoms. The lowest BCUT2D eigenvalue weighted by atomic mass is 10.1. The van der Waals surface area contributed by atoms with Crippen LogP contribution in [0.2, 0.25) is 0 Å². The predicted molar refractivity (Wildman–Crippen MR) is 120 cm³/mol. The minimum absolute atomic E-state index is 0.0948. The summed E-state index contributed by atoms with van der Waals surface area (Å²) in [5, 5.41) is 6.30. The molecule has 1 saturated heterocycles. The monoisotopic (exact) mass is 410 g/mol. The van der Waals surface area contributed by atoms with Crippen molar-refractivity contribution in [2.45, 2.75) is 25.8 Å². The van der Waals surface area contributed by atoms with Crippen molar-refractivity contribution < 1.29 is 14.3 Å². The molecule has 0 bridgehead atoms. The van der Waals surface area contributed by atoms with Crippen LogP contribution in [-0.4, -0.2) is 24.6 Å². The van der Waals surface area contributed by atoms with Crippen LogP contribution in [0.25, 0.3) is 6.08 Å². The molecule has 2 aromatic rings. The zero-order chi connectivity index (χ0) is 20.6. The highest BCUT2D eigenvalue weighted by molar-refractivity contribution is 8.05. The highest BCUT2D eigenvalue weighted by Gasteiger charge is 2.27. The Balaban J connectivity index is 1.71. The van der Waals surface area contributed by atoms with Gasteiger partial charge in [-0.3, -0.25) is 4.79 Å². The van der Waals surface area contributed by atoms with Gasteiger partial charge in [0.2, 0.25) is 0 Å². The van der Waals surface area contributed by atoms with Gasteiger partial charge in [0.1, 0.15) is 6.61 Å². The van der Waals surface area contributed by atoms with Crippen molar-refractivity contribution >= 4 is 29.4 Å². The molecule has 2 N–H and O–H groups in total. The molecule has 0 saturated carbocycles. The van der Waals surface area contributed by atoms with Gasteiger partial charge in [0.25, 0.3) is 5.91 Å². The number of benzene rings is 2. The standard InChI is InChI=1S/C23H26N2O3S/c1-4-13-28-19-12-9-17(14-20(19)27-6-3)15-21-22(26)25-23(29-21)24-18-10-7-16(5-2)8-11-18/h4,7-12,14-15,23-24H,1,5-6,13H2,2-3H3,(H,25,26)/b21-15-/t23-/m1/s1. The lowest BCUT2D eigenvalue weighted by Gasteiger charge is -2.13. The Morgan fingerprint density at radius 1 is 1.14 bits per heavy atom. The number of hydrogen-bond donors (Lipinski definition) is 2. The maximum Gasteiger partial charge on any atom is 0.260 e. The average Bonchev–Trinajstić information content (AvgIpc) is 3.07. The molecular weight excluding hydrogens is 384 g/mol. The van der Waals surface area contributed by atoms with Crippen LogP contribution in [0.1, 0.15) is 25.0 Å². The third kappa shape index (κ3) is 5.57. The molecule has 3 rings (SSSR count). The van der Waals surface area contributed by atoms with E-state index in [0.717, 1.165) is 17.7 Å².